The van der Waals surface area contributed by atoms with Crippen LogP contribution in [-0.4, -0.2) is 17.3 Å². The molecule has 0 saturated carbocycles. The Morgan fingerprint density at radius 2 is 2.07 bits per heavy atom. The Morgan fingerprint density at radius 1 is 1.50 bits per heavy atom. The molecule has 0 radical (unpaired) electrons. The molecule has 0 spiro atoms. The fourth-order valence-corrected chi connectivity index (χ4v) is 1.46. The van der Waals surface area contributed by atoms with Gasteiger partial charge < -0.3 is 5.32 Å². The molecule has 1 N–H and O–H groups in total. The molecule has 0 rings (SSSR count). The molecule has 0 aliphatic carbocycles. The summed E-state index contributed by atoms with van der Waals surface area (Å²) in [5.74, 6) is 0.680. The summed E-state index contributed by atoms with van der Waals surface area (Å²) in [4.78, 5) is 11.7. The van der Waals surface area contributed by atoms with Crippen molar-refractivity contribution < 1.29 is 4.79 Å². The lowest BCUT2D eigenvalue weighted by atomic mass is 9.98. The molecule has 0 saturated heterocycles. The summed E-state index contributed by atoms with van der Waals surface area (Å²) in [5, 5.41) is 3.01. The van der Waals surface area contributed by atoms with Crippen LogP contribution in [0.4, 0.5) is 0 Å². The molecule has 14 heavy (non-hydrogen) atoms. The lowest BCUT2D eigenvalue weighted by Crippen LogP contribution is -2.48. The molecule has 2 unspecified atom stereocenters. The lowest BCUT2D eigenvalue weighted by Gasteiger charge is -2.28. The zero-order valence-electron chi connectivity index (χ0n) is 9.69. The van der Waals surface area contributed by atoms with Crippen molar-refractivity contribution in [3.63, 3.8) is 0 Å². The minimum absolute atomic E-state index is 0.0918. The van der Waals surface area contributed by atoms with Gasteiger partial charge in [-0.05, 0) is 19.8 Å². The molecular formula is C11H22ClNO. The van der Waals surface area contributed by atoms with E-state index < -0.39 is 0 Å². The zero-order chi connectivity index (χ0) is 11.2. The van der Waals surface area contributed by atoms with Crippen LogP contribution in [-0.2, 0) is 4.79 Å². The predicted octanol–water partition coefficient (Wildman–Crippen LogP) is 2.95. The van der Waals surface area contributed by atoms with Crippen LogP contribution in [0.1, 0.15) is 47.0 Å². The maximum atomic E-state index is 11.7. The van der Waals surface area contributed by atoms with Crippen molar-refractivity contribution >= 4 is 17.5 Å². The van der Waals surface area contributed by atoms with Crippen LogP contribution < -0.4 is 5.32 Å². The first-order chi connectivity index (χ1) is 6.49. The monoisotopic (exact) mass is 219 g/mol. The van der Waals surface area contributed by atoms with Crippen molar-refractivity contribution in [2.45, 2.75) is 52.5 Å². The standard InChI is InChI=1S/C11H22ClNO/c1-5-7-9(3)10(14)13-11(4,6-2)8-12/h9H,5-8H2,1-4H3,(H,13,14). The van der Waals surface area contributed by atoms with Gasteiger partial charge in [-0.1, -0.05) is 27.2 Å². The number of nitrogens with one attached hydrogen (secondary N) is 1. The molecule has 0 aromatic rings. The van der Waals surface area contributed by atoms with Crippen LogP contribution in [0.25, 0.3) is 0 Å². The normalized spacial score (nSPS) is 17.2. The SMILES string of the molecule is CCCC(C)C(=O)NC(C)(CC)CCl. The van der Waals surface area contributed by atoms with Crippen molar-refractivity contribution in [2.75, 3.05) is 5.88 Å². The van der Waals surface area contributed by atoms with Crippen molar-refractivity contribution in [2.24, 2.45) is 5.92 Å². The fourth-order valence-electron chi connectivity index (χ4n) is 1.20. The van der Waals surface area contributed by atoms with Gasteiger partial charge >= 0.3 is 0 Å². The summed E-state index contributed by atoms with van der Waals surface area (Å²) in [6.07, 6.45) is 2.84. The third-order valence-electron chi connectivity index (χ3n) is 2.67. The number of halogens is 1. The highest BCUT2D eigenvalue weighted by Gasteiger charge is 2.25. The third-order valence-corrected chi connectivity index (χ3v) is 3.26. The quantitative estimate of drug-likeness (QED) is 0.684. The molecule has 2 atom stereocenters. The van der Waals surface area contributed by atoms with Crippen LogP contribution in [0.3, 0.4) is 0 Å². The highest BCUT2D eigenvalue weighted by Crippen LogP contribution is 2.14. The van der Waals surface area contributed by atoms with Crippen LogP contribution in [0.15, 0.2) is 0 Å². The maximum absolute atomic E-state index is 11.7. The number of carbonyl (C=O) groups is 1. The number of alkyl halides is 1. The van der Waals surface area contributed by atoms with Crippen molar-refractivity contribution in [3.8, 4) is 0 Å². The zero-order valence-corrected chi connectivity index (χ0v) is 10.4. The molecule has 0 bridgehead atoms. The molecule has 0 aromatic carbocycles. The van der Waals surface area contributed by atoms with Crippen LogP contribution in [0, 0.1) is 5.92 Å². The van der Waals surface area contributed by atoms with Gasteiger partial charge in [-0.2, -0.15) is 0 Å². The average molecular weight is 220 g/mol. The summed E-state index contributed by atoms with van der Waals surface area (Å²) >= 11 is 5.82. The Hall–Kier alpha value is -0.240. The number of hydrogen-bond acceptors (Lipinski definition) is 1. The summed E-state index contributed by atoms with van der Waals surface area (Å²) in [6.45, 7) is 8.07. The third kappa shape index (κ3) is 4.32. The Kier molecular flexibility index (Phi) is 6.17. The van der Waals surface area contributed by atoms with Gasteiger partial charge in [0.2, 0.25) is 5.91 Å². The molecular weight excluding hydrogens is 198 g/mol. The van der Waals surface area contributed by atoms with E-state index >= 15 is 0 Å². The van der Waals surface area contributed by atoms with E-state index in [0.717, 1.165) is 19.3 Å². The Morgan fingerprint density at radius 3 is 2.43 bits per heavy atom. The van der Waals surface area contributed by atoms with Gasteiger partial charge in [-0.25, -0.2) is 0 Å². The van der Waals surface area contributed by atoms with Gasteiger partial charge in [0.15, 0.2) is 0 Å². The van der Waals surface area contributed by atoms with Gasteiger partial charge in [-0.3, -0.25) is 4.79 Å². The second-order valence-corrected chi connectivity index (χ2v) is 4.49. The Labute approximate surface area is 92.4 Å². The molecule has 0 aliphatic rings. The first-order valence-corrected chi connectivity index (χ1v) is 5.90. The predicted molar refractivity (Wildman–Crippen MR) is 61.6 cm³/mol. The van der Waals surface area contributed by atoms with Gasteiger partial charge in [0.05, 0.1) is 5.54 Å². The Bertz CT molecular complexity index is 178. The van der Waals surface area contributed by atoms with E-state index in [1.165, 1.54) is 0 Å². The van der Waals surface area contributed by atoms with Gasteiger partial charge in [0.25, 0.3) is 0 Å². The van der Waals surface area contributed by atoms with Gasteiger partial charge in [-0.15, -0.1) is 11.6 Å². The minimum atomic E-state index is -0.249. The van der Waals surface area contributed by atoms with Crippen LogP contribution in [0.2, 0.25) is 0 Å². The molecule has 0 aromatic heterocycles. The first-order valence-electron chi connectivity index (χ1n) is 5.37. The molecule has 3 heteroatoms. The van der Waals surface area contributed by atoms with E-state index in [2.05, 4.69) is 12.2 Å². The van der Waals surface area contributed by atoms with E-state index in [4.69, 9.17) is 11.6 Å². The van der Waals surface area contributed by atoms with E-state index in [-0.39, 0.29) is 17.4 Å². The van der Waals surface area contributed by atoms with Crippen molar-refractivity contribution in [1.29, 1.82) is 0 Å². The van der Waals surface area contributed by atoms with Crippen LogP contribution >= 0.6 is 11.6 Å². The summed E-state index contributed by atoms with van der Waals surface area (Å²) in [6, 6.07) is 0. The number of rotatable bonds is 6. The summed E-state index contributed by atoms with van der Waals surface area (Å²) in [7, 11) is 0. The second-order valence-electron chi connectivity index (χ2n) is 4.23. The summed E-state index contributed by atoms with van der Waals surface area (Å²) < 4.78 is 0. The highest BCUT2D eigenvalue weighted by atomic mass is 35.5. The smallest absolute Gasteiger partial charge is 0.223 e. The van der Waals surface area contributed by atoms with E-state index in [0.29, 0.717) is 5.88 Å². The van der Waals surface area contributed by atoms with Gasteiger partial charge in [0, 0.05) is 11.8 Å². The Balaban J connectivity index is 4.15. The largest absolute Gasteiger partial charge is 0.350 e. The minimum Gasteiger partial charge on any atom is -0.350 e. The molecule has 0 fully saturated rings. The van der Waals surface area contributed by atoms with E-state index in [1.54, 1.807) is 0 Å². The maximum Gasteiger partial charge on any atom is 0.223 e. The number of amides is 1. The highest BCUT2D eigenvalue weighted by molar-refractivity contribution is 6.18. The molecule has 1 amide bonds. The topological polar surface area (TPSA) is 29.1 Å². The van der Waals surface area contributed by atoms with Crippen LogP contribution in [0.5, 0.6) is 0 Å². The number of carbonyl (C=O) groups excluding carboxylic acids is 1. The summed E-state index contributed by atoms with van der Waals surface area (Å²) in [5.41, 5.74) is -0.249. The molecule has 0 heterocycles. The first kappa shape index (κ1) is 13.8. The van der Waals surface area contributed by atoms with Crippen molar-refractivity contribution in [3.05, 3.63) is 0 Å². The van der Waals surface area contributed by atoms with E-state index in [9.17, 15) is 4.79 Å². The fraction of sp³-hybridized carbons (Fsp3) is 0.909. The average Bonchev–Trinajstić information content (AvgIpc) is 2.18. The molecule has 0 aliphatic heterocycles. The molecule has 84 valence electrons. The lowest BCUT2D eigenvalue weighted by molar-refractivity contribution is -0.126. The van der Waals surface area contributed by atoms with E-state index in [1.807, 2.05) is 20.8 Å². The van der Waals surface area contributed by atoms with Gasteiger partial charge in [0.1, 0.15) is 0 Å². The second kappa shape index (κ2) is 6.28. The molecule has 2 nitrogen and oxygen atoms in total. The van der Waals surface area contributed by atoms with Crippen molar-refractivity contribution in [1.82, 2.24) is 5.32 Å². The number of hydrogen-bond donors (Lipinski definition) is 1.